The molecule has 0 atom stereocenters. The van der Waals surface area contributed by atoms with Gasteiger partial charge in [0.15, 0.2) is 0 Å². The van der Waals surface area contributed by atoms with Gasteiger partial charge in [-0.2, -0.15) is 0 Å². The topological polar surface area (TPSA) is 118 Å². The van der Waals surface area contributed by atoms with Crippen LogP contribution in [0.25, 0.3) is 0 Å². The summed E-state index contributed by atoms with van der Waals surface area (Å²) < 4.78 is 50.3. The Labute approximate surface area is 126 Å². The summed E-state index contributed by atoms with van der Waals surface area (Å²) in [6, 6.07) is 7.09. The van der Waals surface area contributed by atoms with Gasteiger partial charge in [0.05, 0.1) is 12.0 Å². The van der Waals surface area contributed by atoms with Crippen molar-refractivity contribution in [2.45, 2.75) is 18.7 Å². The van der Waals surface area contributed by atoms with Gasteiger partial charge in [-0.25, -0.2) is 26.3 Å². The lowest BCUT2D eigenvalue weighted by Crippen LogP contribution is -2.30. The molecular formula is C12H21N3O4S2. The van der Waals surface area contributed by atoms with Gasteiger partial charge >= 0.3 is 0 Å². The first kappa shape index (κ1) is 18.1. The van der Waals surface area contributed by atoms with Crippen LogP contribution in [0.4, 0.5) is 0 Å². The van der Waals surface area contributed by atoms with Crippen LogP contribution in [0.2, 0.25) is 0 Å². The van der Waals surface area contributed by atoms with E-state index in [-0.39, 0.29) is 25.4 Å². The molecule has 7 nitrogen and oxygen atoms in total. The molecule has 0 heterocycles. The Morgan fingerprint density at radius 1 is 1.00 bits per heavy atom. The second kappa shape index (κ2) is 7.85. The molecule has 0 unspecified atom stereocenters. The fourth-order valence-corrected chi connectivity index (χ4v) is 3.49. The largest absolute Gasteiger partial charge is 0.326 e. The highest BCUT2D eigenvalue weighted by Gasteiger charge is 2.13. The Morgan fingerprint density at radius 2 is 1.57 bits per heavy atom. The van der Waals surface area contributed by atoms with Gasteiger partial charge in [-0.15, -0.1) is 0 Å². The maximum absolute atomic E-state index is 11.9. The Hall–Kier alpha value is -1.00. The lowest BCUT2D eigenvalue weighted by molar-refractivity contribution is 0.574. The minimum absolute atomic E-state index is 0.139. The predicted octanol–water partition coefficient (Wildman–Crippen LogP) is -0.496. The maximum Gasteiger partial charge on any atom is 0.215 e. The summed E-state index contributed by atoms with van der Waals surface area (Å²) in [5.41, 5.74) is 7.03. The monoisotopic (exact) mass is 335 g/mol. The molecule has 0 spiro atoms. The number of nitrogens with two attached hydrogens (primary N) is 1. The molecule has 0 saturated heterocycles. The highest BCUT2D eigenvalue weighted by atomic mass is 32.2. The highest BCUT2D eigenvalue weighted by Crippen LogP contribution is 2.11. The van der Waals surface area contributed by atoms with Gasteiger partial charge in [0.1, 0.15) is 0 Å². The molecule has 1 aromatic carbocycles. The molecule has 0 aliphatic rings. The molecule has 0 saturated carbocycles. The number of benzene rings is 1. The van der Waals surface area contributed by atoms with Crippen LogP contribution >= 0.6 is 0 Å². The van der Waals surface area contributed by atoms with Crippen molar-refractivity contribution in [2.75, 3.05) is 19.3 Å². The van der Waals surface area contributed by atoms with Crippen molar-refractivity contribution in [3.8, 4) is 0 Å². The van der Waals surface area contributed by atoms with E-state index < -0.39 is 20.0 Å². The average Bonchev–Trinajstić information content (AvgIpc) is 2.37. The second-order valence-electron chi connectivity index (χ2n) is 4.65. The first-order valence-corrected chi connectivity index (χ1v) is 9.97. The van der Waals surface area contributed by atoms with Gasteiger partial charge in [0.2, 0.25) is 20.0 Å². The summed E-state index contributed by atoms with van der Waals surface area (Å²) in [7, 11) is -6.70. The van der Waals surface area contributed by atoms with Crippen molar-refractivity contribution in [1.82, 2.24) is 9.44 Å². The fraction of sp³-hybridized carbons (Fsp3) is 0.500. The molecule has 0 aliphatic carbocycles. The summed E-state index contributed by atoms with van der Waals surface area (Å²) in [6.45, 7) is 0.653. The first-order chi connectivity index (χ1) is 9.73. The molecule has 1 rings (SSSR count). The molecule has 0 bridgehead atoms. The summed E-state index contributed by atoms with van der Waals surface area (Å²) in [6.07, 6.45) is 1.44. The van der Waals surface area contributed by atoms with E-state index in [1.54, 1.807) is 18.2 Å². The molecule has 9 heteroatoms. The maximum atomic E-state index is 11.9. The first-order valence-electron chi connectivity index (χ1n) is 6.42. The number of hydrogen-bond donors (Lipinski definition) is 3. The Bertz CT molecular complexity index is 657. The lowest BCUT2D eigenvalue weighted by atomic mass is 10.1. The zero-order valence-corrected chi connectivity index (χ0v) is 13.5. The second-order valence-corrected chi connectivity index (χ2v) is 8.29. The number of sulfonamides is 2. The van der Waals surface area contributed by atoms with Crippen molar-refractivity contribution in [1.29, 1.82) is 0 Å². The van der Waals surface area contributed by atoms with Crippen molar-refractivity contribution >= 4 is 20.0 Å². The van der Waals surface area contributed by atoms with Crippen LogP contribution in [0.3, 0.4) is 0 Å². The van der Waals surface area contributed by atoms with Crippen LogP contribution in [0.1, 0.15) is 17.5 Å². The minimum atomic E-state index is -3.47. The van der Waals surface area contributed by atoms with Crippen molar-refractivity contribution in [3.05, 3.63) is 35.4 Å². The average molecular weight is 335 g/mol. The summed E-state index contributed by atoms with van der Waals surface area (Å²) >= 11 is 0. The summed E-state index contributed by atoms with van der Waals surface area (Å²) in [4.78, 5) is 0. The van der Waals surface area contributed by atoms with Gasteiger partial charge in [0, 0.05) is 19.6 Å². The summed E-state index contributed by atoms with van der Waals surface area (Å²) in [5.74, 6) is -0.139. The van der Waals surface area contributed by atoms with Crippen LogP contribution in [0.5, 0.6) is 0 Å². The van der Waals surface area contributed by atoms with Crippen molar-refractivity contribution in [2.24, 2.45) is 5.73 Å². The van der Waals surface area contributed by atoms with Crippen LogP contribution in [-0.4, -0.2) is 36.2 Å². The standard InChI is InChI=1S/C12H21N3O4S2/c1-20(16,17)14-7-4-8-15-21(18,19)10-12-6-3-2-5-11(12)9-13/h2-3,5-6,14-15H,4,7-10,13H2,1H3. The highest BCUT2D eigenvalue weighted by molar-refractivity contribution is 7.89. The normalized spacial score (nSPS) is 12.5. The van der Waals surface area contributed by atoms with Gasteiger partial charge in [0.25, 0.3) is 0 Å². The number of hydrogen-bond acceptors (Lipinski definition) is 5. The Kier molecular flexibility index (Phi) is 6.75. The van der Waals surface area contributed by atoms with E-state index >= 15 is 0 Å². The number of nitrogens with one attached hydrogen (secondary N) is 2. The van der Waals surface area contributed by atoms with Gasteiger partial charge in [-0.1, -0.05) is 24.3 Å². The van der Waals surface area contributed by atoms with E-state index in [0.29, 0.717) is 12.0 Å². The molecule has 0 radical (unpaired) electrons. The molecule has 120 valence electrons. The molecule has 1 aromatic rings. The van der Waals surface area contributed by atoms with Gasteiger partial charge < -0.3 is 5.73 Å². The predicted molar refractivity (Wildman–Crippen MR) is 82.4 cm³/mol. The summed E-state index contributed by atoms with van der Waals surface area (Å²) in [5, 5.41) is 0. The van der Waals surface area contributed by atoms with Crippen LogP contribution in [-0.2, 0) is 32.3 Å². The third kappa shape index (κ3) is 7.53. The third-order valence-electron chi connectivity index (χ3n) is 2.72. The van der Waals surface area contributed by atoms with Gasteiger partial charge in [-0.05, 0) is 17.5 Å². The quantitative estimate of drug-likeness (QED) is 0.526. The van der Waals surface area contributed by atoms with E-state index in [2.05, 4.69) is 9.44 Å². The zero-order valence-electron chi connectivity index (χ0n) is 11.9. The van der Waals surface area contributed by atoms with Crippen molar-refractivity contribution in [3.63, 3.8) is 0 Å². The molecule has 0 aromatic heterocycles. The lowest BCUT2D eigenvalue weighted by Gasteiger charge is -2.10. The Balaban J connectivity index is 2.47. The van der Waals surface area contributed by atoms with E-state index in [1.165, 1.54) is 0 Å². The molecule has 0 fully saturated rings. The van der Waals surface area contributed by atoms with E-state index in [1.807, 2.05) is 6.07 Å². The van der Waals surface area contributed by atoms with Crippen LogP contribution in [0.15, 0.2) is 24.3 Å². The van der Waals surface area contributed by atoms with E-state index in [9.17, 15) is 16.8 Å². The Morgan fingerprint density at radius 3 is 2.14 bits per heavy atom. The molecular weight excluding hydrogens is 314 g/mol. The SMILES string of the molecule is CS(=O)(=O)NCCCNS(=O)(=O)Cc1ccccc1CN. The minimum Gasteiger partial charge on any atom is -0.326 e. The molecule has 0 amide bonds. The van der Waals surface area contributed by atoms with E-state index in [4.69, 9.17) is 5.73 Å². The zero-order chi connectivity index (χ0) is 15.9. The van der Waals surface area contributed by atoms with Crippen LogP contribution in [0, 0.1) is 0 Å². The molecule has 21 heavy (non-hydrogen) atoms. The van der Waals surface area contributed by atoms with Gasteiger partial charge in [-0.3, -0.25) is 0 Å². The smallest absolute Gasteiger partial charge is 0.215 e. The third-order valence-corrected chi connectivity index (χ3v) is 4.79. The van der Waals surface area contributed by atoms with E-state index in [0.717, 1.165) is 11.8 Å². The molecule has 4 N–H and O–H groups in total. The fourth-order valence-electron chi connectivity index (χ4n) is 1.73. The molecule has 0 aliphatic heterocycles. The van der Waals surface area contributed by atoms with Crippen molar-refractivity contribution < 1.29 is 16.8 Å². The van der Waals surface area contributed by atoms with Crippen LogP contribution < -0.4 is 15.2 Å². The number of rotatable bonds is 9.